The van der Waals surface area contributed by atoms with Gasteiger partial charge in [-0.3, -0.25) is 4.79 Å². The Kier molecular flexibility index (Phi) is 4.24. The van der Waals surface area contributed by atoms with Gasteiger partial charge in [-0.25, -0.2) is 9.97 Å². The summed E-state index contributed by atoms with van der Waals surface area (Å²) in [4.78, 5) is 22.7. The third-order valence-electron chi connectivity index (χ3n) is 4.00. The first-order valence-corrected chi connectivity index (χ1v) is 7.40. The smallest absolute Gasteiger partial charge is 0.227 e. The highest BCUT2D eigenvalue weighted by molar-refractivity contribution is 5.78. The van der Waals surface area contributed by atoms with Gasteiger partial charge >= 0.3 is 0 Å². The van der Waals surface area contributed by atoms with Gasteiger partial charge in [0.2, 0.25) is 5.91 Å². The quantitative estimate of drug-likeness (QED) is 0.868. The molecule has 1 aromatic heterocycles. The van der Waals surface area contributed by atoms with Crippen LogP contribution in [0.5, 0.6) is 0 Å². The first-order chi connectivity index (χ1) is 10.3. The Bertz CT molecular complexity index is 585. The molecule has 3 rings (SSSR count). The Labute approximate surface area is 124 Å². The van der Waals surface area contributed by atoms with Crippen molar-refractivity contribution in [1.82, 2.24) is 14.9 Å². The molecule has 1 saturated heterocycles. The van der Waals surface area contributed by atoms with Crippen molar-refractivity contribution in [3.63, 3.8) is 0 Å². The number of nitrogens with zero attached hydrogens (tertiary/aromatic N) is 3. The van der Waals surface area contributed by atoms with E-state index in [1.165, 1.54) is 0 Å². The third-order valence-corrected chi connectivity index (χ3v) is 4.00. The van der Waals surface area contributed by atoms with E-state index in [1.807, 2.05) is 41.3 Å². The van der Waals surface area contributed by atoms with Crippen molar-refractivity contribution in [1.29, 1.82) is 0 Å². The number of aromatic nitrogens is 2. The molecule has 1 atom stereocenters. The van der Waals surface area contributed by atoms with Gasteiger partial charge in [0.15, 0.2) is 0 Å². The molecule has 0 aliphatic carbocycles. The minimum absolute atomic E-state index is 0.208. The van der Waals surface area contributed by atoms with Crippen LogP contribution in [-0.2, 0) is 11.2 Å². The van der Waals surface area contributed by atoms with Crippen LogP contribution < -0.4 is 0 Å². The number of carbonyl (C=O) groups excluding carboxylic acids is 1. The maximum atomic E-state index is 12.4. The Morgan fingerprint density at radius 2 is 2.10 bits per heavy atom. The van der Waals surface area contributed by atoms with Crippen LogP contribution in [0, 0.1) is 0 Å². The maximum Gasteiger partial charge on any atom is 0.227 e. The number of carbonyl (C=O) groups is 1. The van der Waals surface area contributed by atoms with Crippen LogP contribution >= 0.6 is 0 Å². The summed E-state index contributed by atoms with van der Waals surface area (Å²) in [5.74, 6) is 0.543. The third kappa shape index (κ3) is 3.45. The molecule has 0 saturated carbocycles. The number of hydrogen-bond acceptors (Lipinski definition) is 3. The summed E-state index contributed by atoms with van der Waals surface area (Å²) in [6, 6.07) is 11.9. The van der Waals surface area contributed by atoms with E-state index in [1.54, 1.807) is 12.5 Å². The maximum absolute atomic E-state index is 12.4. The minimum Gasteiger partial charge on any atom is -0.342 e. The van der Waals surface area contributed by atoms with E-state index in [-0.39, 0.29) is 5.91 Å². The molecule has 0 radical (unpaired) electrons. The van der Waals surface area contributed by atoms with Crippen LogP contribution in [0.15, 0.2) is 48.9 Å². The van der Waals surface area contributed by atoms with E-state index < -0.39 is 0 Å². The largest absolute Gasteiger partial charge is 0.342 e. The monoisotopic (exact) mass is 281 g/mol. The zero-order valence-corrected chi connectivity index (χ0v) is 12.0. The molecule has 4 nitrogen and oxygen atoms in total. The molecule has 1 aromatic carbocycles. The van der Waals surface area contributed by atoms with E-state index in [0.717, 1.165) is 37.2 Å². The fourth-order valence-corrected chi connectivity index (χ4v) is 2.87. The van der Waals surface area contributed by atoms with Crippen molar-refractivity contribution in [2.24, 2.45) is 0 Å². The number of amides is 1. The van der Waals surface area contributed by atoms with E-state index in [2.05, 4.69) is 9.97 Å². The van der Waals surface area contributed by atoms with Crippen molar-refractivity contribution in [2.45, 2.75) is 25.2 Å². The van der Waals surface area contributed by atoms with Gasteiger partial charge in [-0.1, -0.05) is 30.3 Å². The van der Waals surface area contributed by atoms with Crippen molar-refractivity contribution in [2.75, 3.05) is 13.1 Å². The molecule has 2 aromatic rings. The molecule has 0 bridgehead atoms. The number of likely N-dealkylation sites (tertiary alicyclic amines) is 1. The molecular formula is C17H19N3O. The lowest BCUT2D eigenvalue weighted by Gasteiger charge is -2.32. The normalized spacial score (nSPS) is 18.5. The molecule has 108 valence electrons. The van der Waals surface area contributed by atoms with Crippen molar-refractivity contribution >= 4 is 5.91 Å². The Hall–Kier alpha value is -2.23. The van der Waals surface area contributed by atoms with Crippen molar-refractivity contribution in [3.05, 3.63) is 60.2 Å². The van der Waals surface area contributed by atoms with Crippen LogP contribution in [-0.4, -0.2) is 33.9 Å². The topological polar surface area (TPSA) is 46.1 Å². The highest BCUT2D eigenvalue weighted by Gasteiger charge is 2.25. The molecule has 1 aliphatic heterocycles. The van der Waals surface area contributed by atoms with Gasteiger partial charge in [0.1, 0.15) is 6.33 Å². The summed E-state index contributed by atoms with van der Waals surface area (Å²) in [5.41, 5.74) is 2.12. The second kappa shape index (κ2) is 6.48. The number of benzene rings is 1. The Morgan fingerprint density at radius 1 is 1.24 bits per heavy atom. The molecular weight excluding hydrogens is 262 g/mol. The second-order valence-corrected chi connectivity index (χ2v) is 5.48. The predicted octanol–water partition coefficient (Wildman–Crippen LogP) is 2.43. The summed E-state index contributed by atoms with van der Waals surface area (Å²) in [5, 5.41) is 0. The first kappa shape index (κ1) is 13.7. The zero-order valence-electron chi connectivity index (χ0n) is 12.0. The number of hydrogen-bond donors (Lipinski definition) is 0. The standard InChI is InChI=1S/C17H19N3O/c21-17(11-14-5-2-1-3-6-14)20-10-4-7-15(12-20)16-8-9-18-13-19-16/h1-3,5-6,8-9,13,15H,4,7,10-12H2/t15-/m1/s1. The van der Waals surface area contributed by atoms with Crippen LogP contribution in [0.1, 0.15) is 30.0 Å². The molecule has 4 heteroatoms. The SMILES string of the molecule is O=C(Cc1ccccc1)N1CCC[C@@H](c2ccncn2)C1. The van der Waals surface area contributed by atoms with Gasteiger partial charge in [0, 0.05) is 30.9 Å². The summed E-state index contributed by atoms with van der Waals surface area (Å²) < 4.78 is 0. The lowest BCUT2D eigenvalue weighted by atomic mass is 9.94. The fraction of sp³-hybridized carbons (Fsp3) is 0.353. The van der Waals surface area contributed by atoms with Crippen LogP contribution in [0.3, 0.4) is 0 Å². The average Bonchev–Trinajstić information content (AvgIpc) is 2.57. The molecule has 2 heterocycles. The van der Waals surface area contributed by atoms with Gasteiger partial charge in [-0.2, -0.15) is 0 Å². The molecule has 1 aliphatic rings. The Balaban J connectivity index is 1.64. The molecule has 1 amide bonds. The van der Waals surface area contributed by atoms with Crippen LogP contribution in [0.4, 0.5) is 0 Å². The molecule has 0 spiro atoms. The van der Waals surface area contributed by atoms with Crippen LogP contribution in [0.2, 0.25) is 0 Å². The van der Waals surface area contributed by atoms with Gasteiger partial charge in [-0.05, 0) is 24.5 Å². The fourth-order valence-electron chi connectivity index (χ4n) is 2.87. The van der Waals surface area contributed by atoms with Gasteiger partial charge in [0.25, 0.3) is 0 Å². The summed E-state index contributed by atoms with van der Waals surface area (Å²) in [6.07, 6.45) is 5.96. The van der Waals surface area contributed by atoms with Crippen molar-refractivity contribution in [3.8, 4) is 0 Å². The number of rotatable bonds is 3. The lowest BCUT2D eigenvalue weighted by molar-refractivity contribution is -0.131. The minimum atomic E-state index is 0.208. The summed E-state index contributed by atoms with van der Waals surface area (Å²) in [7, 11) is 0. The first-order valence-electron chi connectivity index (χ1n) is 7.40. The van der Waals surface area contributed by atoms with E-state index in [0.29, 0.717) is 12.3 Å². The van der Waals surface area contributed by atoms with Gasteiger partial charge in [0.05, 0.1) is 6.42 Å². The van der Waals surface area contributed by atoms with Crippen molar-refractivity contribution < 1.29 is 4.79 Å². The molecule has 0 unspecified atom stereocenters. The molecule has 21 heavy (non-hydrogen) atoms. The van der Waals surface area contributed by atoms with Gasteiger partial charge < -0.3 is 4.90 Å². The zero-order chi connectivity index (χ0) is 14.5. The molecule has 0 N–H and O–H groups in total. The average molecular weight is 281 g/mol. The highest BCUT2D eigenvalue weighted by Crippen LogP contribution is 2.25. The van der Waals surface area contributed by atoms with E-state index in [4.69, 9.17) is 0 Å². The lowest BCUT2D eigenvalue weighted by Crippen LogP contribution is -2.40. The summed E-state index contributed by atoms with van der Waals surface area (Å²) in [6.45, 7) is 1.62. The predicted molar refractivity (Wildman–Crippen MR) is 80.7 cm³/mol. The second-order valence-electron chi connectivity index (χ2n) is 5.48. The van der Waals surface area contributed by atoms with E-state index >= 15 is 0 Å². The Morgan fingerprint density at radius 3 is 2.86 bits per heavy atom. The highest BCUT2D eigenvalue weighted by atomic mass is 16.2. The van der Waals surface area contributed by atoms with Gasteiger partial charge in [-0.15, -0.1) is 0 Å². The summed E-state index contributed by atoms with van der Waals surface area (Å²) >= 11 is 0. The number of piperidine rings is 1. The van der Waals surface area contributed by atoms with Crippen LogP contribution in [0.25, 0.3) is 0 Å². The van der Waals surface area contributed by atoms with E-state index in [9.17, 15) is 4.79 Å². The molecule has 1 fully saturated rings.